The van der Waals surface area contributed by atoms with Crippen molar-refractivity contribution in [3.05, 3.63) is 47.5 Å². The summed E-state index contributed by atoms with van der Waals surface area (Å²) in [6.07, 6.45) is -5.22. The van der Waals surface area contributed by atoms with Gasteiger partial charge in [0, 0.05) is 29.9 Å². The normalized spacial score (nSPS) is 18.1. The molecule has 13 heteroatoms. The summed E-state index contributed by atoms with van der Waals surface area (Å²) in [7, 11) is 0. The standard InChI is InChI=1S/C23H24F4N4O5/c1-22(2,3)36-21(35)31-11-13(24)6-17(31)19(32)30-9-14-7-15(16(10-28-14)20(33)34)12-4-5-18(29-8-12)23(25,26)27/h4-5,7-8,10,13,17H,6,9,11H2,1-3H3,(H,30,32)(H,33,34). The number of pyridine rings is 2. The zero-order valence-corrected chi connectivity index (χ0v) is 19.6. The van der Waals surface area contributed by atoms with E-state index in [9.17, 15) is 37.1 Å². The lowest BCUT2D eigenvalue weighted by Gasteiger charge is -2.27. The van der Waals surface area contributed by atoms with E-state index in [1.165, 1.54) is 6.07 Å². The summed E-state index contributed by atoms with van der Waals surface area (Å²) in [6.45, 7) is 4.40. The van der Waals surface area contributed by atoms with Crippen molar-refractivity contribution in [2.45, 2.75) is 57.7 Å². The fourth-order valence-electron chi connectivity index (χ4n) is 3.58. The SMILES string of the molecule is CC(C)(C)OC(=O)N1CC(F)CC1C(=O)NCc1cc(-c2ccc(C(F)(F)F)nc2)c(C(=O)O)cn1. The van der Waals surface area contributed by atoms with Crippen molar-refractivity contribution in [1.82, 2.24) is 20.2 Å². The van der Waals surface area contributed by atoms with Crippen molar-refractivity contribution in [1.29, 1.82) is 0 Å². The van der Waals surface area contributed by atoms with Crippen LogP contribution in [0.4, 0.5) is 22.4 Å². The minimum atomic E-state index is -4.66. The Kier molecular flexibility index (Phi) is 7.51. The molecule has 0 saturated carbocycles. The number of aromatic carboxylic acids is 1. The minimum Gasteiger partial charge on any atom is -0.478 e. The molecule has 2 amide bonds. The van der Waals surface area contributed by atoms with Crippen molar-refractivity contribution < 1.29 is 41.8 Å². The molecule has 1 aliphatic rings. The Bertz CT molecular complexity index is 1150. The molecular formula is C23H24F4N4O5. The first-order valence-corrected chi connectivity index (χ1v) is 10.8. The number of carbonyl (C=O) groups is 3. The van der Waals surface area contributed by atoms with Gasteiger partial charge in [0.25, 0.3) is 0 Å². The third-order valence-corrected chi connectivity index (χ3v) is 5.18. The lowest BCUT2D eigenvalue weighted by Crippen LogP contribution is -2.47. The van der Waals surface area contributed by atoms with E-state index in [-0.39, 0.29) is 41.9 Å². The van der Waals surface area contributed by atoms with Gasteiger partial charge in [-0.05, 0) is 32.9 Å². The van der Waals surface area contributed by atoms with Gasteiger partial charge in [-0.2, -0.15) is 13.2 Å². The number of hydrogen-bond acceptors (Lipinski definition) is 6. The number of alkyl halides is 4. The van der Waals surface area contributed by atoms with Crippen LogP contribution in [0.3, 0.4) is 0 Å². The molecule has 0 radical (unpaired) electrons. The molecule has 3 heterocycles. The van der Waals surface area contributed by atoms with Crippen LogP contribution >= 0.6 is 0 Å². The van der Waals surface area contributed by atoms with Crippen LogP contribution in [0.2, 0.25) is 0 Å². The molecule has 194 valence electrons. The maximum atomic E-state index is 14.0. The third-order valence-electron chi connectivity index (χ3n) is 5.18. The summed E-state index contributed by atoms with van der Waals surface area (Å²) in [6, 6.07) is 1.98. The Hall–Kier alpha value is -3.77. The molecule has 3 rings (SSSR count). The monoisotopic (exact) mass is 512 g/mol. The number of carboxylic acids is 1. The van der Waals surface area contributed by atoms with Gasteiger partial charge in [-0.3, -0.25) is 19.7 Å². The van der Waals surface area contributed by atoms with Crippen LogP contribution in [0.1, 0.15) is 48.9 Å². The highest BCUT2D eigenvalue weighted by Crippen LogP contribution is 2.30. The number of hydrogen-bond donors (Lipinski definition) is 2. The lowest BCUT2D eigenvalue weighted by molar-refractivity contribution is -0.141. The number of aromatic nitrogens is 2. The Morgan fingerprint density at radius 2 is 1.86 bits per heavy atom. The summed E-state index contributed by atoms with van der Waals surface area (Å²) in [5.74, 6) is -2.02. The summed E-state index contributed by atoms with van der Waals surface area (Å²) >= 11 is 0. The number of carboxylic acid groups (broad SMARTS) is 1. The number of carbonyl (C=O) groups excluding carboxylic acids is 2. The molecule has 9 nitrogen and oxygen atoms in total. The molecular weight excluding hydrogens is 488 g/mol. The van der Waals surface area contributed by atoms with Gasteiger partial charge in [-0.1, -0.05) is 6.07 Å². The van der Waals surface area contributed by atoms with E-state index < -0.39 is 47.7 Å². The minimum absolute atomic E-state index is 0.0445. The first kappa shape index (κ1) is 26.8. The molecule has 2 aromatic heterocycles. The Labute approximate surface area is 203 Å². The highest BCUT2D eigenvalue weighted by molar-refractivity contribution is 5.95. The second-order valence-corrected chi connectivity index (χ2v) is 9.16. The second kappa shape index (κ2) is 10.1. The molecule has 1 fully saturated rings. The Morgan fingerprint density at radius 3 is 2.42 bits per heavy atom. The first-order chi connectivity index (χ1) is 16.7. The smallest absolute Gasteiger partial charge is 0.433 e. The van der Waals surface area contributed by atoms with Gasteiger partial charge in [-0.15, -0.1) is 0 Å². The molecule has 0 aliphatic carbocycles. The van der Waals surface area contributed by atoms with Crippen LogP contribution < -0.4 is 5.32 Å². The number of nitrogens with one attached hydrogen (secondary N) is 1. The highest BCUT2D eigenvalue weighted by Gasteiger charge is 2.41. The van der Waals surface area contributed by atoms with Gasteiger partial charge in [0.15, 0.2) is 0 Å². The average Bonchev–Trinajstić information content (AvgIpc) is 3.17. The molecule has 1 saturated heterocycles. The van der Waals surface area contributed by atoms with Crippen LogP contribution in [0, 0.1) is 0 Å². The predicted octanol–water partition coefficient (Wildman–Crippen LogP) is 3.82. The number of amides is 2. The molecule has 2 aromatic rings. The summed E-state index contributed by atoms with van der Waals surface area (Å²) < 4.78 is 57.7. The van der Waals surface area contributed by atoms with Gasteiger partial charge in [0.2, 0.25) is 5.91 Å². The van der Waals surface area contributed by atoms with E-state index in [0.717, 1.165) is 29.4 Å². The lowest BCUT2D eigenvalue weighted by atomic mass is 10.0. The van der Waals surface area contributed by atoms with E-state index in [1.807, 2.05) is 0 Å². The van der Waals surface area contributed by atoms with Crippen molar-refractivity contribution in [2.24, 2.45) is 0 Å². The van der Waals surface area contributed by atoms with Crippen molar-refractivity contribution in [3.8, 4) is 11.1 Å². The fourth-order valence-corrected chi connectivity index (χ4v) is 3.58. The topological polar surface area (TPSA) is 122 Å². The second-order valence-electron chi connectivity index (χ2n) is 9.16. The summed E-state index contributed by atoms with van der Waals surface area (Å²) in [5.41, 5.74) is -1.93. The number of ether oxygens (including phenoxy) is 1. The zero-order chi connectivity index (χ0) is 26.8. The van der Waals surface area contributed by atoms with Crippen LogP contribution in [-0.2, 0) is 22.3 Å². The fraction of sp³-hybridized carbons (Fsp3) is 0.435. The first-order valence-electron chi connectivity index (χ1n) is 10.8. The number of nitrogens with zero attached hydrogens (tertiary/aromatic N) is 3. The van der Waals surface area contributed by atoms with E-state index in [2.05, 4.69) is 15.3 Å². The molecule has 0 aromatic carbocycles. The molecule has 0 bridgehead atoms. The van der Waals surface area contributed by atoms with Gasteiger partial charge in [-0.25, -0.2) is 14.0 Å². The third kappa shape index (κ3) is 6.46. The summed E-state index contributed by atoms with van der Waals surface area (Å²) in [5, 5.41) is 12.0. The van der Waals surface area contributed by atoms with E-state index in [4.69, 9.17) is 4.74 Å². The highest BCUT2D eigenvalue weighted by atomic mass is 19.4. The molecule has 2 N–H and O–H groups in total. The number of likely N-dealkylation sites (tertiary alicyclic amines) is 1. The van der Waals surface area contributed by atoms with Crippen molar-refractivity contribution >= 4 is 18.0 Å². The van der Waals surface area contributed by atoms with Crippen LogP contribution in [0.25, 0.3) is 11.1 Å². The van der Waals surface area contributed by atoms with E-state index >= 15 is 0 Å². The maximum absolute atomic E-state index is 14.0. The Morgan fingerprint density at radius 1 is 1.17 bits per heavy atom. The van der Waals surface area contributed by atoms with Gasteiger partial charge in [0.1, 0.15) is 23.5 Å². The average molecular weight is 512 g/mol. The van der Waals surface area contributed by atoms with Crippen LogP contribution in [0.15, 0.2) is 30.6 Å². The van der Waals surface area contributed by atoms with Crippen molar-refractivity contribution in [2.75, 3.05) is 6.54 Å². The quantitative estimate of drug-likeness (QED) is 0.584. The Balaban J connectivity index is 1.78. The number of halogens is 4. The van der Waals surface area contributed by atoms with Gasteiger partial charge >= 0.3 is 18.2 Å². The zero-order valence-electron chi connectivity index (χ0n) is 19.6. The molecule has 2 unspecified atom stereocenters. The van der Waals surface area contributed by atoms with Crippen LogP contribution in [0.5, 0.6) is 0 Å². The van der Waals surface area contributed by atoms with Crippen molar-refractivity contribution in [3.63, 3.8) is 0 Å². The van der Waals surface area contributed by atoms with Crippen LogP contribution in [-0.4, -0.2) is 62.3 Å². The maximum Gasteiger partial charge on any atom is 0.433 e. The number of rotatable bonds is 5. The molecule has 2 atom stereocenters. The predicted molar refractivity (Wildman–Crippen MR) is 118 cm³/mol. The molecule has 36 heavy (non-hydrogen) atoms. The van der Waals surface area contributed by atoms with Gasteiger partial charge < -0.3 is 15.2 Å². The van der Waals surface area contributed by atoms with E-state index in [0.29, 0.717) is 0 Å². The molecule has 1 aliphatic heterocycles. The largest absolute Gasteiger partial charge is 0.478 e. The molecule has 0 spiro atoms. The summed E-state index contributed by atoms with van der Waals surface area (Å²) in [4.78, 5) is 45.1. The van der Waals surface area contributed by atoms with E-state index in [1.54, 1.807) is 20.8 Å². The van der Waals surface area contributed by atoms with Gasteiger partial charge in [0.05, 0.1) is 24.3 Å².